The summed E-state index contributed by atoms with van der Waals surface area (Å²) < 4.78 is 40.8. The van der Waals surface area contributed by atoms with Gasteiger partial charge in [-0.3, -0.25) is 10.1 Å². The molecular weight excluding hydrogens is 554 g/mol. The van der Waals surface area contributed by atoms with Crippen LogP contribution in [0.4, 0.5) is 4.79 Å². The Morgan fingerprint density at radius 2 is 1.89 bits per heavy atom. The van der Waals surface area contributed by atoms with Crippen molar-refractivity contribution in [3.63, 3.8) is 0 Å². The number of esters is 2. The summed E-state index contributed by atoms with van der Waals surface area (Å²) in [5.74, 6) is -1.60. The third kappa shape index (κ3) is 6.35. The van der Waals surface area contributed by atoms with Crippen LogP contribution in [0, 0.1) is 6.92 Å². The van der Waals surface area contributed by atoms with Crippen LogP contribution in [0.25, 0.3) is 0 Å². The van der Waals surface area contributed by atoms with Crippen molar-refractivity contribution in [2.75, 3.05) is 12.4 Å². The fraction of sp³-hybridized carbons (Fsp3) is 0.500. The van der Waals surface area contributed by atoms with Crippen molar-refractivity contribution in [1.82, 2.24) is 10.2 Å². The normalized spacial score (nSPS) is 22.8. The number of aryl methyl sites for hydroxylation is 1. The van der Waals surface area contributed by atoms with Crippen LogP contribution in [0.1, 0.15) is 46.6 Å². The molecule has 3 rings (SSSR count). The molecule has 1 saturated heterocycles. The van der Waals surface area contributed by atoms with Crippen molar-refractivity contribution in [2.45, 2.75) is 69.4 Å². The molecule has 2 heterocycles. The number of urea groups is 1. The molecule has 0 aliphatic carbocycles. The Morgan fingerprint density at radius 1 is 1.26 bits per heavy atom. The molecule has 2 atom stereocenters. The van der Waals surface area contributed by atoms with Crippen LogP contribution >= 0.6 is 23.5 Å². The van der Waals surface area contributed by atoms with Crippen LogP contribution < -0.4 is 5.32 Å². The minimum Gasteiger partial charge on any atom is -0.466 e. The number of amidine groups is 1. The Balaban J connectivity index is 2.11. The third-order valence-corrected chi connectivity index (χ3v) is 9.22. The highest BCUT2D eigenvalue weighted by molar-refractivity contribution is 8.22. The van der Waals surface area contributed by atoms with E-state index in [9.17, 15) is 27.9 Å². The van der Waals surface area contributed by atoms with Gasteiger partial charge in [-0.05, 0) is 53.7 Å². The molecule has 2 aliphatic heterocycles. The lowest BCUT2D eigenvalue weighted by Gasteiger charge is -2.43. The number of nitrogens with one attached hydrogen (secondary N) is 1. The summed E-state index contributed by atoms with van der Waals surface area (Å²) >= 11 is 2.20. The maximum atomic E-state index is 13.2. The fourth-order valence-corrected chi connectivity index (χ4v) is 7.22. The number of hydrogen-bond acceptors (Lipinski definition) is 10. The molecule has 2 amide bonds. The Kier molecular flexibility index (Phi) is 8.91. The first-order valence-electron chi connectivity index (χ1n) is 11.8. The van der Waals surface area contributed by atoms with Gasteiger partial charge in [-0.1, -0.05) is 17.7 Å². The van der Waals surface area contributed by atoms with E-state index in [2.05, 4.69) is 9.71 Å². The first kappa shape index (κ1) is 30.0. The number of fused-ring (bicyclic) bond motifs is 1. The molecule has 14 heteroatoms. The molecule has 2 unspecified atom stereocenters. The summed E-state index contributed by atoms with van der Waals surface area (Å²) in [5, 5.41) is 13.1. The lowest BCUT2D eigenvalue weighted by molar-refractivity contribution is -0.190. The van der Waals surface area contributed by atoms with E-state index in [4.69, 9.17) is 9.47 Å². The first-order valence-corrected chi connectivity index (χ1v) is 15.1. The predicted octanol–water partition coefficient (Wildman–Crippen LogP) is 3.13. The number of rotatable bonds is 8. The second-order valence-electron chi connectivity index (χ2n) is 9.52. The van der Waals surface area contributed by atoms with Crippen LogP contribution in [-0.4, -0.2) is 71.2 Å². The molecule has 0 bridgehead atoms. The molecule has 11 nitrogen and oxygen atoms in total. The van der Waals surface area contributed by atoms with E-state index in [1.807, 2.05) is 0 Å². The molecule has 0 aromatic heterocycles. The van der Waals surface area contributed by atoms with E-state index in [0.717, 1.165) is 34.0 Å². The van der Waals surface area contributed by atoms with Crippen LogP contribution in [0.3, 0.4) is 0 Å². The molecule has 0 saturated carbocycles. The average Bonchev–Trinajstić information content (AvgIpc) is 3.12. The SMILES string of the molecule is CCOC(=O)CCSC1=C2C(=NS(=O)(=O)c3ccc(C)cc3)NC(=O)N2C(O)(C(=O)OC(C)(C)C)C(C)S1. The number of carbonyl (C=O) groups excluding carboxylic acids is 3. The highest BCUT2D eigenvalue weighted by atomic mass is 32.2. The first-order chi connectivity index (χ1) is 17.6. The number of amides is 2. The maximum absolute atomic E-state index is 13.2. The standard InChI is InChI=1S/C24H31N3O8S3/c1-7-34-17(28)12-13-36-20-18-19(26-38(32,33)16-10-8-14(2)9-11-16)25-22(30)27(18)24(31,15(3)37-20)21(29)35-23(4,5)6/h8-11,15,31H,7,12-13H2,1-6H3,(H,25,26,30). The van der Waals surface area contributed by atoms with Crippen molar-refractivity contribution >= 4 is 57.4 Å². The molecule has 2 N–H and O–H groups in total. The highest BCUT2D eigenvalue weighted by Gasteiger charge is 2.60. The fourth-order valence-electron chi connectivity index (χ4n) is 3.54. The van der Waals surface area contributed by atoms with E-state index < -0.39 is 44.6 Å². The second kappa shape index (κ2) is 11.3. The van der Waals surface area contributed by atoms with Crippen molar-refractivity contribution in [1.29, 1.82) is 0 Å². The number of ether oxygens (including phenoxy) is 2. The summed E-state index contributed by atoms with van der Waals surface area (Å²) in [6.45, 7) is 10.1. The molecular formula is C24H31N3O8S3. The number of hydrogen-bond donors (Lipinski definition) is 2. The molecule has 2 aliphatic rings. The summed E-state index contributed by atoms with van der Waals surface area (Å²) in [6, 6.07) is 5.06. The van der Waals surface area contributed by atoms with Crippen LogP contribution in [-0.2, 0) is 29.1 Å². The van der Waals surface area contributed by atoms with E-state index >= 15 is 0 Å². The zero-order valence-electron chi connectivity index (χ0n) is 21.9. The summed E-state index contributed by atoms with van der Waals surface area (Å²) in [5.41, 5.74) is -2.68. The van der Waals surface area contributed by atoms with Gasteiger partial charge in [-0.15, -0.1) is 27.9 Å². The van der Waals surface area contributed by atoms with Crippen molar-refractivity contribution in [3.05, 3.63) is 39.8 Å². The number of benzene rings is 1. The van der Waals surface area contributed by atoms with E-state index in [1.54, 1.807) is 53.7 Å². The van der Waals surface area contributed by atoms with Gasteiger partial charge in [-0.2, -0.15) is 8.42 Å². The highest BCUT2D eigenvalue weighted by Crippen LogP contribution is 2.49. The van der Waals surface area contributed by atoms with Crippen LogP contribution in [0.15, 0.2) is 43.5 Å². The molecule has 0 spiro atoms. The molecule has 208 valence electrons. The molecule has 1 aromatic carbocycles. The molecule has 1 aromatic rings. The van der Waals surface area contributed by atoms with Gasteiger partial charge in [-0.25, -0.2) is 14.5 Å². The van der Waals surface area contributed by atoms with Gasteiger partial charge in [0.1, 0.15) is 11.3 Å². The zero-order valence-corrected chi connectivity index (χ0v) is 24.4. The lowest BCUT2D eigenvalue weighted by Crippen LogP contribution is -2.63. The topological polar surface area (TPSA) is 152 Å². The molecule has 0 radical (unpaired) electrons. The molecule has 1 fully saturated rings. The lowest BCUT2D eigenvalue weighted by atomic mass is 10.1. The van der Waals surface area contributed by atoms with E-state index in [1.165, 1.54) is 12.1 Å². The average molecular weight is 586 g/mol. The number of aliphatic hydroxyl groups is 1. The largest absolute Gasteiger partial charge is 0.466 e. The van der Waals surface area contributed by atoms with Gasteiger partial charge in [0.15, 0.2) is 5.84 Å². The Labute approximate surface area is 230 Å². The summed E-state index contributed by atoms with van der Waals surface area (Å²) in [6.07, 6.45) is 0.0517. The number of nitrogens with zero attached hydrogens (tertiary/aromatic N) is 2. The molecule has 38 heavy (non-hydrogen) atoms. The number of sulfonamides is 1. The van der Waals surface area contributed by atoms with Crippen molar-refractivity contribution in [3.8, 4) is 0 Å². The van der Waals surface area contributed by atoms with Crippen LogP contribution in [0.2, 0.25) is 0 Å². The van der Waals surface area contributed by atoms with Gasteiger partial charge < -0.3 is 14.6 Å². The van der Waals surface area contributed by atoms with Crippen molar-refractivity contribution < 1.29 is 37.4 Å². The van der Waals surface area contributed by atoms with E-state index in [-0.39, 0.29) is 35.2 Å². The summed E-state index contributed by atoms with van der Waals surface area (Å²) in [7, 11) is -4.28. The maximum Gasteiger partial charge on any atom is 0.362 e. The Hall–Kier alpha value is -2.55. The number of carbonyl (C=O) groups is 3. The Morgan fingerprint density at radius 3 is 2.47 bits per heavy atom. The minimum absolute atomic E-state index is 0.0517. The van der Waals surface area contributed by atoms with Gasteiger partial charge in [0.05, 0.1) is 27.4 Å². The smallest absolute Gasteiger partial charge is 0.362 e. The number of thioether (sulfide) groups is 2. The third-order valence-electron chi connectivity index (χ3n) is 5.34. The van der Waals surface area contributed by atoms with Gasteiger partial charge in [0.25, 0.3) is 15.7 Å². The second-order valence-corrected chi connectivity index (χ2v) is 13.8. The zero-order chi connectivity index (χ0) is 28.5. The summed E-state index contributed by atoms with van der Waals surface area (Å²) in [4.78, 5) is 38.9. The Bertz CT molecular complexity index is 1290. The van der Waals surface area contributed by atoms with Crippen LogP contribution in [0.5, 0.6) is 0 Å². The van der Waals surface area contributed by atoms with Gasteiger partial charge in [0, 0.05) is 5.75 Å². The van der Waals surface area contributed by atoms with Gasteiger partial charge in [0.2, 0.25) is 0 Å². The van der Waals surface area contributed by atoms with Gasteiger partial charge >= 0.3 is 18.0 Å². The van der Waals surface area contributed by atoms with Crippen molar-refractivity contribution in [2.24, 2.45) is 4.40 Å². The quantitative estimate of drug-likeness (QED) is 0.435. The minimum atomic E-state index is -4.28. The monoisotopic (exact) mass is 585 g/mol. The van der Waals surface area contributed by atoms with E-state index in [0.29, 0.717) is 4.24 Å². The predicted molar refractivity (Wildman–Crippen MR) is 145 cm³/mol.